The Bertz CT molecular complexity index is 1080. The fourth-order valence-corrected chi connectivity index (χ4v) is 4.50. The maximum absolute atomic E-state index is 12.1. The van der Waals surface area contributed by atoms with E-state index in [-0.39, 0.29) is 65.7 Å². The summed E-state index contributed by atoms with van der Waals surface area (Å²) in [6.45, 7) is -0.0280. The van der Waals surface area contributed by atoms with Gasteiger partial charge < -0.3 is 49.6 Å². The Morgan fingerprint density at radius 3 is 2.23 bits per heavy atom. The molecule has 0 saturated carbocycles. The molecule has 10 atom stereocenters. The number of carboxylic acids is 1. The molecule has 0 aliphatic carbocycles. The quantitative estimate of drug-likeness (QED) is 0.0712. The third-order valence-electron chi connectivity index (χ3n) is 5.69. The van der Waals surface area contributed by atoms with Gasteiger partial charge in [-0.25, -0.2) is 8.98 Å². The van der Waals surface area contributed by atoms with Gasteiger partial charge in [-0.15, -0.1) is 0 Å². The summed E-state index contributed by atoms with van der Waals surface area (Å²) in [7, 11) is -5.26. The molecule has 2 saturated heterocycles. The van der Waals surface area contributed by atoms with Gasteiger partial charge >= 0.3 is 75.5 Å². The Balaban J connectivity index is 0.00000400. The first kappa shape index (κ1) is 37.7. The SMILES string of the molecule is CC([O-])=N[C@H]1[C@@H](OCc2ccccc2)O[C@H](CO)[C@H](OS(=O)(=O)O)[C@@H]1O[C@@H]1O[C@H](C(=O)O)[C@@H]([O-])[C@H](O)[C@H]1O.[Na+].[Na+]. The molecule has 0 aromatic heterocycles. The van der Waals surface area contributed by atoms with Gasteiger partial charge in [0.1, 0.15) is 36.6 Å². The van der Waals surface area contributed by atoms with Gasteiger partial charge in [-0.1, -0.05) is 36.4 Å². The summed E-state index contributed by atoms with van der Waals surface area (Å²) in [6, 6.07) is 6.96. The van der Waals surface area contributed by atoms with Crippen molar-refractivity contribution >= 4 is 22.3 Å². The number of aliphatic hydroxyl groups is 3. The Labute approximate surface area is 273 Å². The number of carbonyl (C=O) groups is 1. The first-order valence-corrected chi connectivity index (χ1v) is 12.5. The number of aliphatic imine (C=N–C) groups is 1. The first-order chi connectivity index (χ1) is 17.8. The van der Waals surface area contributed by atoms with Crippen LogP contribution >= 0.6 is 0 Å². The van der Waals surface area contributed by atoms with Gasteiger partial charge in [-0.2, -0.15) is 8.42 Å². The second-order valence-electron chi connectivity index (χ2n) is 8.46. The number of carboxylic acid groups (broad SMARTS) is 1. The van der Waals surface area contributed by atoms with Gasteiger partial charge in [-0.3, -0.25) is 9.55 Å². The van der Waals surface area contributed by atoms with E-state index in [0.717, 1.165) is 6.92 Å². The van der Waals surface area contributed by atoms with Crippen LogP contribution in [0, 0.1) is 0 Å². The number of nitrogens with zero attached hydrogens (tertiary/aromatic N) is 1. The Hall–Kier alpha value is -0.290. The number of aliphatic carboxylic acids is 1. The predicted octanol–water partition coefficient (Wildman–Crippen LogP) is -10.1. The van der Waals surface area contributed by atoms with Crippen molar-refractivity contribution in [3.05, 3.63) is 35.9 Å². The van der Waals surface area contributed by atoms with Crippen molar-refractivity contribution in [2.24, 2.45) is 4.99 Å². The van der Waals surface area contributed by atoms with Crippen LogP contribution in [-0.2, 0) is 44.9 Å². The van der Waals surface area contributed by atoms with Gasteiger partial charge in [-0.05, 0) is 18.4 Å². The molecule has 0 radical (unpaired) electrons. The van der Waals surface area contributed by atoms with Crippen LogP contribution in [0.25, 0.3) is 0 Å². The minimum atomic E-state index is -5.26. The summed E-state index contributed by atoms with van der Waals surface area (Å²) in [5.74, 6) is -2.62. The van der Waals surface area contributed by atoms with E-state index in [2.05, 4.69) is 9.18 Å². The number of ether oxygens (including phenoxy) is 4. The summed E-state index contributed by atoms with van der Waals surface area (Å²) in [5, 5.41) is 63.6. The third kappa shape index (κ3) is 9.88. The fraction of sp³-hybridized carbons (Fsp3) is 0.619. The molecular formula is C21H27NNa2O15S. The molecular weight excluding hydrogens is 584 g/mol. The summed E-state index contributed by atoms with van der Waals surface area (Å²) >= 11 is 0. The van der Waals surface area contributed by atoms with Crippen LogP contribution in [0.15, 0.2) is 35.3 Å². The van der Waals surface area contributed by atoms with Gasteiger partial charge in [0.05, 0.1) is 19.3 Å². The van der Waals surface area contributed by atoms with Gasteiger partial charge in [0.25, 0.3) is 0 Å². The summed E-state index contributed by atoms with van der Waals surface area (Å²) in [5.41, 5.74) is 0.645. The van der Waals surface area contributed by atoms with Crippen molar-refractivity contribution in [3.8, 4) is 0 Å². The molecule has 0 spiro atoms. The average Bonchev–Trinajstić information content (AvgIpc) is 2.84. The van der Waals surface area contributed by atoms with Crippen molar-refractivity contribution < 1.29 is 131 Å². The zero-order chi connectivity index (χ0) is 28.2. The van der Waals surface area contributed by atoms with Crippen LogP contribution < -0.4 is 69.3 Å². The molecule has 0 amide bonds. The van der Waals surface area contributed by atoms with Gasteiger partial charge in [0.15, 0.2) is 12.6 Å². The van der Waals surface area contributed by atoms with E-state index < -0.39 is 90.2 Å². The van der Waals surface area contributed by atoms with E-state index in [4.69, 9.17) is 18.9 Å². The zero-order valence-corrected chi connectivity index (χ0v) is 26.6. The zero-order valence-electron chi connectivity index (χ0n) is 21.7. The van der Waals surface area contributed by atoms with Crippen LogP contribution in [-0.4, -0.2) is 113 Å². The largest absolute Gasteiger partial charge is 1.00 e. The molecule has 2 heterocycles. The number of benzene rings is 1. The minimum absolute atomic E-state index is 0. The van der Waals surface area contributed by atoms with E-state index in [0.29, 0.717) is 5.56 Å². The summed E-state index contributed by atoms with van der Waals surface area (Å²) in [4.78, 5) is 15.2. The minimum Gasteiger partial charge on any atom is -0.862 e. The van der Waals surface area contributed by atoms with Crippen molar-refractivity contribution in [1.29, 1.82) is 0 Å². The molecule has 1 aromatic carbocycles. The molecule has 16 nitrogen and oxygen atoms in total. The van der Waals surface area contributed by atoms with Crippen molar-refractivity contribution in [3.63, 3.8) is 0 Å². The normalized spacial score (nSPS) is 34.8. The smallest absolute Gasteiger partial charge is 0.862 e. The third-order valence-corrected chi connectivity index (χ3v) is 6.16. The van der Waals surface area contributed by atoms with E-state index in [1.807, 2.05) is 0 Å². The maximum Gasteiger partial charge on any atom is 1.00 e. The number of aliphatic hydroxyl groups excluding tert-OH is 3. The van der Waals surface area contributed by atoms with E-state index in [9.17, 15) is 48.4 Å². The molecule has 3 rings (SSSR count). The molecule has 19 heteroatoms. The Morgan fingerprint density at radius 1 is 1.07 bits per heavy atom. The Morgan fingerprint density at radius 2 is 1.70 bits per heavy atom. The first-order valence-electron chi connectivity index (χ1n) is 11.2. The van der Waals surface area contributed by atoms with E-state index in [1.165, 1.54) is 0 Å². The molecule has 2 aliphatic heterocycles. The van der Waals surface area contributed by atoms with Crippen LogP contribution in [0.5, 0.6) is 0 Å². The van der Waals surface area contributed by atoms with Crippen molar-refractivity contribution in [2.45, 2.75) is 74.9 Å². The van der Waals surface area contributed by atoms with Gasteiger partial charge in [0.2, 0.25) is 0 Å². The standard InChI is InChI=1S/C21H28NO15S.2Na/c1-9(24)22-12-17(35-21-15(27)13(25)14(26)18(36-21)19(28)29)16(37-38(30,31)32)11(7-23)34-20(12)33-8-10-5-3-2-4-6-10;;/h2-6,11-18,20-21,23,25,27H,7-8H2,1H3,(H,22,24)(H,28,29)(H,30,31,32);;/q-1;2*+1/p-1/t11-,12-,13+,14+,15-,16+,17-,18+,20+,21-;;/m1../s1. The van der Waals surface area contributed by atoms with E-state index >= 15 is 0 Å². The summed E-state index contributed by atoms with van der Waals surface area (Å²) < 4.78 is 59.0. The van der Waals surface area contributed by atoms with E-state index in [1.54, 1.807) is 30.3 Å². The van der Waals surface area contributed by atoms with Crippen LogP contribution in [0.2, 0.25) is 0 Å². The topological polar surface area (TPSA) is 257 Å². The molecule has 0 bridgehead atoms. The van der Waals surface area contributed by atoms with Crippen LogP contribution in [0.1, 0.15) is 12.5 Å². The number of hydrogen-bond acceptors (Lipinski definition) is 14. The average molecular weight is 611 g/mol. The number of rotatable bonds is 10. The van der Waals surface area contributed by atoms with Gasteiger partial charge in [0, 0.05) is 0 Å². The molecule has 214 valence electrons. The second kappa shape index (κ2) is 16.5. The van der Waals surface area contributed by atoms with Crippen LogP contribution in [0.3, 0.4) is 0 Å². The Kier molecular flexibility index (Phi) is 15.6. The summed E-state index contributed by atoms with van der Waals surface area (Å²) in [6.07, 6.45) is -17.9. The predicted molar refractivity (Wildman–Crippen MR) is 117 cm³/mol. The second-order valence-corrected chi connectivity index (χ2v) is 9.51. The maximum atomic E-state index is 12.1. The molecule has 5 N–H and O–H groups in total. The molecule has 40 heavy (non-hydrogen) atoms. The number of hydrogen-bond donors (Lipinski definition) is 5. The molecule has 0 unspecified atom stereocenters. The molecule has 2 aliphatic rings. The molecule has 1 aromatic rings. The van der Waals surface area contributed by atoms with Crippen molar-refractivity contribution in [2.75, 3.05) is 6.61 Å². The molecule has 2 fully saturated rings. The fourth-order valence-electron chi connectivity index (χ4n) is 3.99. The van der Waals surface area contributed by atoms with Crippen molar-refractivity contribution in [1.82, 2.24) is 0 Å². The van der Waals surface area contributed by atoms with Crippen LogP contribution in [0.4, 0.5) is 0 Å². The monoisotopic (exact) mass is 611 g/mol.